The van der Waals surface area contributed by atoms with E-state index in [2.05, 4.69) is 5.32 Å². The monoisotopic (exact) mass is 449 g/mol. The number of urea groups is 1. The average molecular weight is 450 g/mol. The average Bonchev–Trinajstić information content (AvgIpc) is 3.06. The van der Waals surface area contributed by atoms with Gasteiger partial charge in [0.05, 0.1) is 7.11 Å². The first kappa shape index (κ1) is 21.7. The van der Waals surface area contributed by atoms with E-state index >= 15 is 0 Å². The number of rotatable bonds is 4. The molecule has 3 fully saturated rings. The van der Waals surface area contributed by atoms with Gasteiger partial charge in [-0.1, -0.05) is 31.0 Å². The van der Waals surface area contributed by atoms with E-state index in [-0.39, 0.29) is 24.4 Å². The molecule has 3 atom stereocenters. The number of fused-ring (bicyclic) bond motifs is 2. The second-order valence-electron chi connectivity index (χ2n) is 9.72. The van der Waals surface area contributed by atoms with Gasteiger partial charge in [0.15, 0.2) is 0 Å². The van der Waals surface area contributed by atoms with Crippen LogP contribution in [0.25, 0.3) is 10.8 Å². The van der Waals surface area contributed by atoms with Gasteiger partial charge in [0.1, 0.15) is 17.8 Å². The third-order valence-electron chi connectivity index (χ3n) is 7.76. The van der Waals surface area contributed by atoms with Crippen molar-refractivity contribution in [2.75, 3.05) is 20.2 Å². The number of hydrogen-bond donors (Lipinski definition) is 1. The summed E-state index contributed by atoms with van der Waals surface area (Å²) in [6, 6.07) is 11.2. The van der Waals surface area contributed by atoms with E-state index in [1.807, 2.05) is 41.3 Å². The molecule has 3 aliphatic rings. The SMILES string of the molecule is COc1ccc2cc(C3(C)NC(=O)N(CC(=O)N4CCC[C@@H]5CCCC[C@@H]54)C3=O)ccc2c1. The molecule has 7 heteroatoms. The van der Waals surface area contributed by atoms with Crippen molar-refractivity contribution in [3.63, 3.8) is 0 Å². The first-order chi connectivity index (χ1) is 15.9. The Bertz CT molecular complexity index is 1110. The number of piperidine rings is 1. The predicted molar refractivity (Wildman–Crippen MR) is 125 cm³/mol. The van der Waals surface area contributed by atoms with E-state index in [0.29, 0.717) is 11.5 Å². The number of nitrogens with zero attached hydrogens (tertiary/aromatic N) is 2. The molecular formula is C26H31N3O4. The van der Waals surface area contributed by atoms with Crippen molar-refractivity contribution in [2.24, 2.45) is 5.92 Å². The lowest BCUT2D eigenvalue weighted by molar-refractivity contribution is -0.142. The Balaban J connectivity index is 1.36. The Hall–Kier alpha value is -3.09. The minimum absolute atomic E-state index is 0.120. The zero-order valence-electron chi connectivity index (χ0n) is 19.3. The summed E-state index contributed by atoms with van der Waals surface area (Å²) in [5, 5.41) is 4.77. The van der Waals surface area contributed by atoms with Crippen molar-refractivity contribution < 1.29 is 19.1 Å². The molecule has 5 rings (SSSR count). The van der Waals surface area contributed by atoms with Gasteiger partial charge in [-0.3, -0.25) is 14.5 Å². The van der Waals surface area contributed by atoms with E-state index in [4.69, 9.17) is 4.74 Å². The van der Waals surface area contributed by atoms with Gasteiger partial charge in [-0.25, -0.2) is 4.79 Å². The Kier molecular flexibility index (Phi) is 5.51. The third-order valence-corrected chi connectivity index (χ3v) is 7.76. The van der Waals surface area contributed by atoms with Gasteiger partial charge in [0.2, 0.25) is 5.91 Å². The van der Waals surface area contributed by atoms with E-state index in [9.17, 15) is 14.4 Å². The highest BCUT2D eigenvalue weighted by Gasteiger charge is 2.50. The van der Waals surface area contributed by atoms with E-state index < -0.39 is 11.6 Å². The number of amides is 4. The molecule has 0 spiro atoms. The second-order valence-corrected chi connectivity index (χ2v) is 9.72. The molecule has 1 aliphatic carbocycles. The van der Waals surface area contributed by atoms with Crippen molar-refractivity contribution in [3.05, 3.63) is 42.0 Å². The quantitative estimate of drug-likeness (QED) is 0.721. The summed E-state index contributed by atoms with van der Waals surface area (Å²) in [5.41, 5.74) is -0.514. The maximum Gasteiger partial charge on any atom is 0.325 e. The van der Waals surface area contributed by atoms with E-state index in [0.717, 1.165) is 47.2 Å². The molecule has 174 valence electrons. The lowest BCUT2D eigenvalue weighted by atomic mass is 9.78. The zero-order chi connectivity index (χ0) is 23.2. The number of hydrogen-bond acceptors (Lipinski definition) is 4. The fraction of sp³-hybridized carbons (Fsp3) is 0.500. The molecule has 2 aromatic rings. The number of methoxy groups -OCH3 is 1. The van der Waals surface area contributed by atoms with E-state index in [1.54, 1.807) is 14.0 Å². The summed E-state index contributed by atoms with van der Waals surface area (Å²) < 4.78 is 5.28. The van der Waals surface area contributed by atoms with Gasteiger partial charge in [0.25, 0.3) is 5.91 Å². The molecule has 4 amide bonds. The maximum absolute atomic E-state index is 13.4. The molecule has 0 aromatic heterocycles. The van der Waals surface area contributed by atoms with Gasteiger partial charge in [-0.15, -0.1) is 0 Å². The van der Waals surface area contributed by atoms with Crippen molar-refractivity contribution in [2.45, 2.75) is 57.0 Å². The Morgan fingerprint density at radius 1 is 1.06 bits per heavy atom. The number of likely N-dealkylation sites (tertiary alicyclic amines) is 1. The zero-order valence-corrected chi connectivity index (χ0v) is 19.3. The molecule has 7 nitrogen and oxygen atoms in total. The summed E-state index contributed by atoms with van der Waals surface area (Å²) in [5.74, 6) is 0.811. The maximum atomic E-state index is 13.4. The van der Waals surface area contributed by atoms with Crippen LogP contribution in [-0.4, -0.2) is 53.9 Å². The molecule has 2 aliphatic heterocycles. The summed E-state index contributed by atoms with van der Waals surface area (Å²) in [6.07, 6.45) is 6.73. The fourth-order valence-electron chi connectivity index (χ4n) is 5.86. The summed E-state index contributed by atoms with van der Waals surface area (Å²) in [4.78, 5) is 42.5. The van der Waals surface area contributed by atoms with Gasteiger partial charge in [-0.2, -0.15) is 0 Å². The molecule has 2 saturated heterocycles. The minimum Gasteiger partial charge on any atom is -0.497 e. The van der Waals surface area contributed by atoms with Crippen molar-refractivity contribution >= 4 is 28.6 Å². The van der Waals surface area contributed by atoms with E-state index in [1.165, 1.54) is 19.3 Å². The van der Waals surface area contributed by atoms with Gasteiger partial charge >= 0.3 is 6.03 Å². The standard InChI is InChI=1S/C26H31N3O4/c1-26(20-11-9-19-15-21(33-2)12-10-18(19)14-20)24(31)29(25(32)27-26)16-23(30)28-13-5-7-17-6-3-4-8-22(17)28/h9-12,14-15,17,22H,3-8,13,16H2,1-2H3,(H,27,32)/t17-,22-,26?/m0/s1. The largest absolute Gasteiger partial charge is 0.497 e. The topological polar surface area (TPSA) is 79.0 Å². The number of imide groups is 1. The van der Waals surface area contributed by atoms with Gasteiger partial charge < -0.3 is 15.0 Å². The van der Waals surface area contributed by atoms with Crippen LogP contribution in [-0.2, 0) is 15.1 Å². The second kappa shape index (κ2) is 8.36. The molecule has 2 heterocycles. The van der Waals surface area contributed by atoms with Crippen LogP contribution in [0.2, 0.25) is 0 Å². The van der Waals surface area contributed by atoms with Crippen LogP contribution in [0.4, 0.5) is 4.79 Å². The molecule has 0 bridgehead atoms. The lowest BCUT2D eigenvalue weighted by Gasteiger charge is -2.44. The number of carbonyl (C=O) groups excluding carboxylic acids is 3. The molecule has 0 radical (unpaired) electrons. The molecule has 1 N–H and O–H groups in total. The van der Waals surface area contributed by atoms with Crippen LogP contribution in [0.15, 0.2) is 36.4 Å². The Labute approximate surface area is 194 Å². The molecule has 1 unspecified atom stereocenters. The van der Waals surface area contributed by atoms with Crippen LogP contribution in [0.5, 0.6) is 5.75 Å². The third kappa shape index (κ3) is 3.73. The number of ether oxygens (including phenoxy) is 1. The smallest absolute Gasteiger partial charge is 0.325 e. The molecule has 33 heavy (non-hydrogen) atoms. The van der Waals surface area contributed by atoms with Crippen LogP contribution in [0.1, 0.15) is 51.0 Å². The summed E-state index contributed by atoms with van der Waals surface area (Å²) >= 11 is 0. The normalized spacial score (nSPS) is 27.5. The highest BCUT2D eigenvalue weighted by Crippen LogP contribution is 2.36. The first-order valence-electron chi connectivity index (χ1n) is 11.9. The van der Waals surface area contributed by atoms with Crippen LogP contribution >= 0.6 is 0 Å². The lowest BCUT2D eigenvalue weighted by Crippen LogP contribution is -2.53. The highest BCUT2D eigenvalue weighted by molar-refractivity contribution is 6.09. The highest BCUT2D eigenvalue weighted by atomic mass is 16.5. The number of nitrogens with one attached hydrogen (secondary N) is 1. The van der Waals surface area contributed by atoms with Crippen molar-refractivity contribution in [3.8, 4) is 5.75 Å². The Morgan fingerprint density at radius 3 is 2.61 bits per heavy atom. The van der Waals surface area contributed by atoms with Crippen molar-refractivity contribution in [1.29, 1.82) is 0 Å². The van der Waals surface area contributed by atoms with Crippen LogP contribution in [0.3, 0.4) is 0 Å². The Morgan fingerprint density at radius 2 is 1.79 bits per heavy atom. The van der Waals surface area contributed by atoms with Crippen molar-refractivity contribution in [1.82, 2.24) is 15.1 Å². The summed E-state index contributed by atoms with van der Waals surface area (Å²) in [7, 11) is 1.62. The molecule has 2 aromatic carbocycles. The summed E-state index contributed by atoms with van der Waals surface area (Å²) in [6.45, 7) is 2.23. The van der Waals surface area contributed by atoms with Gasteiger partial charge in [0, 0.05) is 12.6 Å². The van der Waals surface area contributed by atoms with Crippen LogP contribution < -0.4 is 10.1 Å². The predicted octanol–water partition coefficient (Wildman–Crippen LogP) is 3.80. The minimum atomic E-state index is -1.21. The van der Waals surface area contributed by atoms with Gasteiger partial charge in [-0.05, 0) is 73.1 Å². The number of carbonyl (C=O) groups is 3. The van der Waals surface area contributed by atoms with Crippen LogP contribution in [0, 0.1) is 5.92 Å². The number of benzene rings is 2. The molecular weight excluding hydrogens is 418 g/mol. The first-order valence-corrected chi connectivity index (χ1v) is 11.9. The molecule has 1 saturated carbocycles. The fourth-order valence-corrected chi connectivity index (χ4v) is 5.86.